The van der Waals surface area contributed by atoms with Crippen molar-refractivity contribution in [1.29, 1.82) is 0 Å². The fraction of sp³-hybridized carbons (Fsp3) is 0.364. The molecule has 1 saturated heterocycles. The third kappa shape index (κ3) is 8.03. The van der Waals surface area contributed by atoms with E-state index in [-0.39, 0.29) is 12.3 Å². The van der Waals surface area contributed by atoms with E-state index in [1.54, 1.807) is 24.3 Å². The second-order valence-electron chi connectivity index (χ2n) is 7.57. The summed E-state index contributed by atoms with van der Waals surface area (Å²) in [6.45, 7) is 4.56. The van der Waals surface area contributed by atoms with E-state index in [4.69, 9.17) is 0 Å². The van der Waals surface area contributed by atoms with Crippen LogP contribution < -0.4 is 20.9 Å². The average molecular weight is 480 g/mol. The summed E-state index contributed by atoms with van der Waals surface area (Å²) in [5.41, 5.74) is 0.372. The Morgan fingerprint density at radius 2 is 1.68 bits per heavy atom. The lowest BCUT2D eigenvalue weighted by Crippen LogP contribution is -2.50. The van der Waals surface area contributed by atoms with E-state index in [0.717, 1.165) is 31.9 Å². The van der Waals surface area contributed by atoms with Gasteiger partial charge >= 0.3 is 12.2 Å². The molecule has 2 aromatic rings. The first-order valence-corrected chi connectivity index (χ1v) is 10.4. The fourth-order valence-electron chi connectivity index (χ4n) is 3.00. The van der Waals surface area contributed by atoms with Crippen molar-refractivity contribution in [1.82, 2.24) is 15.2 Å². The van der Waals surface area contributed by atoms with Crippen LogP contribution in [0.1, 0.15) is 12.5 Å². The minimum atomic E-state index is -4.32. The van der Waals surface area contributed by atoms with Crippen molar-refractivity contribution in [3.8, 4) is 0 Å². The van der Waals surface area contributed by atoms with Crippen LogP contribution in [0.25, 0.3) is 0 Å². The maximum absolute atomic E-state index is 12.4. The van der Waals surface area contributed by atoms with Crippen LogP contribution in [0.3, 0.4) is 0 Å². The molecule has 1 aromatic heterocycles. The Kier molecular flexibility index (Phi) is 9.36. The van der Waals surface area contributed by atoms with E-state index >= 15 is 0 Å². The van der Waals surface area contributed by atoms with Gasteiger partial charge in [0.25, 0.3) is 5.91 Å². The number of hydrogen-bond acceptors (Lipinski definition) is 6. The number of pyridine rings is 1. The summed E-state index contributed by atoms with van der Waals surface area (Å²) in [7, 11) is 3.55. The Labute approximate surface area is 195 Å². The van der Waals surface area contributed by atoms with Crippen LogP contribution in [0, 0.1) is 0 Å². The van der Waals surface area contributed by atoms with Gasteiger partial charge in [0.2, 0.25) is 6.29 Å². The zero-order valence-electron chi connectivity index (χ0n) is 19.0. The molecule has 1 atom stereocenters. The lowest BCUT2D eigenvalue weighted by atomic mass is 10.2. The molecule has 1 aliphatic heterocycles. The number of alkyl halides is 3. The number of rotatable bonds is 4. The quantitative estimate of drug-likeness (QED) is 0.459. The summed E-state index contributed by atoms with van der Waals surface area (Å²) in [5, 5.41) is 7.31. The number of hydrogen-bond donors (Lipinski definition) is 3. The van der Waals surface area contributed by atoms with Crippen molar-refractivity contribution in [3.63, 3.8) is 0 Å². The molecule has 184 valence electrons. The normalized spacial score (nSPS) is 16.1. The molecule has 0 saturated carbocycles. The number of aromatic nitrogens is 1. The number of halogens is 3. The predicted octanol–water partition coefficient (Wildman–Crippen LogP) is 2.82. The SMILES string of the molecule is CC1CN(c2ccc(C(F)(F)F)cn2)CCN1C.CNC(=O)Nc1ccc(NC(=O)C=O)cc1. The van der Waals surface area contributed by atoms with Gasteiger partial charge in [-0.3, -0.25) is 9.59 Å². The Balaban J connectivity index is 0.000000242. The van der Waals surface area contributed by atoms with Crippen molar-refractivity contribution in [2.75, 3.05) is 49.3 Å². The van der Waals surface area contributed by atoms with Gasteiger partial charge in [0.15, 0.2) is 0 Å². The van der Waals surface area contributed by atoms with Gasteiger partial charge in [-0.2, -0.15) is 13.2 Å². The first kappa shape index (κ1) is 26.6. The highest BCUT2D eigenvalue weighted by Crippen LogP contribution is 2.29. The second kappa shape index (κ2) is 12.0. The second-order valence-corrected chi connectivity index (χ2v) is 7.57. The molecule has 1 fully saturated rings. The number of nitrogens with zero attached hydrogens (tertiary/aromatic N) is 3. The molecule has 3 rings (SSSR count). The molecule has 34 heavy (non-hydrogen) atoms. The van der Waals surface area contributed by atoms with E-state index in [2.05, 4.69) is 32.8 Å². The maximum atomic E-state index is 12.4. The van der Waals surface area contributed by atoms with Gasteiger partial charge in [0.05, 0.1) is 5.56 Å². The van der Waals surface area contributed by atoms with Crippen molar-refractivity contribution in [2.24, 2.45) is 0 Å². The molecule has 1 aromatic carbocycles. The van der Waals surface area contributed by atoms with E-state index in [0.29, 0.717) is 23.2 Å². The molecule has 0 spiro atoms. The Bertz CT molecular complexity index is 967. The number of amides is 3. The molecule has 3 amide bonds. The number of likely N-dealkylation sites (N-methyl/N-ethyl adjacent to an activating group) is 1. The maximum Gasteiger partial charge on any atom is 0.417 e. The first-order chi connectivity index (χ1) is 16.0. The van der Waals surface area contributed by atoms with Crippen molar-refractivity contribution >= 4 is 35.4 Å². The van der Waals surface area contributed by atoms with Crippen LogP contribution in [0.5, 0.6) is 0 Å². The highest BCUT2D eigenvalue weighted by Gasteiger charge is 2.31. The number of aldehydes is 1. The van der Waals surface area contributed by atoms with E-state index in [1.165, 1.54) is 13.1 Å². The third-order valence-electron chi connectivity index (χ3n) is 5.10. The third-order valence-corrected chi connectivity index (χ3v) is 5.10. The highest BCUT2D eigenvalue weighted by molar-refractivity contribution is 6.29. The number of carbonyl (C=O) groups is 3. The van der Waals surface area contributed by atoms with E-state index < -0.39 is 17.6 Å². The van der Waals surface area contributed by atoms with Gasteiger partial charge in [-0.05, 0) is 50.4 Å². The fourth-order valence-corrected chi connectivity index (χ4v) is 3.00. The van der Waals surface area contributed by atoms with Gasteiger partial charge < -0.3 is 25.8 Å². The predicted molar refractivity (Wildman–Crippen MR) is 123 cm³/mol. The van der Waals surface area contributed by atoms with Gasteiger partial charge in [-0.15, -0.1) is 0 Å². The molecular weight excluding hydrogens is 453 g/mol. The van der Waals surface area contributed by atoms with Gasteiger partial charge in [-0.25, -0.2) is 9.78 Å². The minimum Gasteiger partial charge on any atom is -0.354 e. The van der Waals surface area contributed by atoms with Crippen LogP contribution in [0.2, 0.25) is 0 Å². The summed E-state index contributed by atoms with van der Waals surface area (Å²) in [5.74, 6) is -0.102. The first-order valence-electron chi connectivity index (χ1n) is 10.4. The largest absolute Gasteiger partial charge is 0.417 e. The summed E-state index contributed by atoms with van der Waals surface area (Å²) in [6.07, 6.45) is -3.23. The average Bonchev–Trinajstić information content (AvgIpc) is 2.82. The number of piperazine rings is 1. The van der Waals surface area contributed by atoms with Gasteiger partial charge in [-0.1, -0.05) is 0 Å². The topological polar surface area (TPSA) is 107 Å². The van der Waals surface area contributed by atoms with Crippen LogP contribution in [-0.2, 0) is 15.8 Å². The summed E-state index contributed by atoms with van der Waals surface area (Å²) < 4.78 is 37.2. The summed E-state index contributed by atoms with van der Waals surface area (Å²) in [6, 6.07) is 8.95. The number of benzene rings is 1. The van der Waals surface area contributed by atoms with Crippen LogP contribution >= 0.6 is 0 Å². The highest BCUT2D eigenvalue weighted by atomic mass is 19.4. The molecule has 0 bridgehead atoms. The zero-order chi connectivity index (χ0) is 25.3. The number of nitrogens with one attached hydrogen (secondary N) is 3. The Hall–Kier alpha value is -3.67. The number of anilines is 3. The molecule has 9 nitrogen and oxygen atoms in total. The summed E-state index contributed by atoms with van der Waals surface area (Å²) >= 11 is 0. The van der Waals surface area contributed by atoms with Gasteiger partial charge in [0, 0.05) is 50.3 Å². The Morgan fingerprint density at radius 1 is 1.06 bits per heavy atom. The van der Waals surface area contributed by atoms with E-state index in [9.17, 15) is 27.6 Å². The standard InChI is InChI=1S/C12H16F3N3.C10H11N3O3/c1-9-8-18(6-5-17(9)2)11-4-3-10(7-16-11)12(13,14)15;1-11-10(16)13-8-4-2-7(3-5-8)12-9(15)6-14/h3-4,7,9H,5-6,8H2,1-2H3;2-6H,1H3,(H,12,15)(H2,11,13,16). The lowest BCUT2D eigenvalue weighted by Gasteiger charge is -2.38. The number of carbonyl (C=O) groups excluding carboxylic acids is 3. The van der Waals surface area contributed by atoms with E-state index in [1.807, 2.05) is 11.9 Å². The van der Waals surface area contributed by atoms with Crippen molar-refractivity contribution in [3.05, 3.63) is 48.2 Å². The molecule has 2 heterocycles. The summed E-state index contributed by atoms with van der Waals surface area (Å²) in [4.78, 5) is 39.9. The smallest absolute Gasteiger partial charge is 0.354 e. The number of urea groups is 1. The molecule has 1 aliphatic rings. The minimum absolute atomic E-state index is 0.191. The Morgan fingerprint density at radius 3 is 2.15 bits per heavy atom. The molecular formula is C22H27F3N6O3. The van der Waals surface area contributed by atoms with Crippen molar-refractivity contribution in [2.45, 2.75) is 19.1 Å². The van der Waals surface area contributed by atoms with Crippen LogP contribution in [0.15, 0.2) is 42.6 Å². The van der Waals surface area contributed by atoms with Crippen LogP contribution in [0.4, 0.5) is 35.2 Å². The molecule has 0 aliphatic carbocycles. The monoisotopic (exact) mass is 480 g/mol. The molecule has 12 heteroatoms. The van der Waals surface area contributed by atoms with Gasteiger partial charge in [0.1, 0.15) is 5.82 Å². The van der Waals surface area contributed by atoms with Crippen molar-refractivity contribution < 1.29 is 27.6 Å². The zero-order valence-corrected chi connectivity index (χ0v) is 19.0. The van der Waals surface area contributed by atoms with Crippen LogP contribution in [-0.4, -0.2) is 67.9 Å². The molecule has 1 unspecified atom stereocenters. The lowest BCUT2D eigenvalue weighted by molar-refractivity contribution is -0.137. The molecule has 0 radical (unpaired) electrons. The molecule has 3 N–H and O–H groups in total.